The van der Waals surface area contributed by atoms with E-state index >= 15 is 0 Å². The van der Waals surface area contributed by atoms with Crippen molar-refractivity contribution in [3.05, 3.63) is 63.0 Å². The van der Waals surface area contributed by atoms with Gasteiger partial charge in [0, 0.05) is 24.7 Å². The Bertz CT molecular complexity index is 1180. The largest absolute Gasteiger partial charge is 0.435 e. The van der Waals surface area contributed by atoms with E-state index in [2.05, 4.69) is 15.4 Å². The normalized spacial score (nSPS) is 14.4. The van der Waals surface area contributed by atoms with Crippen molar-refractivity contribution in [2.75, 3.05) is 7.05 Å². The topological polar surface area (TPSA) is 81.3 Å². The van der Waals surface area contributed by atoms with E-state index in [-0.39, 0.29) is 29.5 Å². The molecule has 152 valence electrons. The van der Waals surface area contributed by atoms with E-state index in [1.165, 1.54) is 22.2 Å². The maximum Gasteiger partial charge on any atom is 0.435 e. The van der Waals surface area contributed by atoms with Gasteiger partial charge in [0.2, 0.25) is 0 Å². The molecule has 29 heavy (non-hydrogen) atoms. The summed E-state index contributed by atoms with van der Waals surface area (Å²) >= 11 is 0. The highest BCUT2D eigenvalue weighted by Crippen LogP contribution is 2.42. The first-order valence-corrected chi connectivity index (χ1v) is 9.08. The van der Waals surface area contributed by atoms with Gasteiger partial charge in [-0.25, -0.2) is 4.98 Å². The summed E-state index contributed by atoms with van der Waals surface area (Å²) < 4.78 is 41.7. The van der Waals surface area contributed by atoms with E-state index in [9.17, 15) is 22.8 Å². The molecular weight excluding hydrogens is 387 g/mol. The van der Waals surface area contributed by atoms with Crippen LogP contribution in [0.4, 0.5) is 13.2 Å². The third kappa shape index (κ3) is 3.50. The van der Waals surface area contributed by atoms with Crippen LogP contribution in [0.2, 0.25) is 0 Å². The number of nitrogens with one attached hydrogen (secondary N) is 1. The Morgan fingerprint density at radius 1 is 1.28 bits per heavy atom. The number of hydrogen-bond acceptors (Lipinski definition) is 4. The fourth-order valence-corrected chi connectivity index (χ4v) is 3.38. The smallest absolute Gasteiger partial charge is 0.354 e. The third-order valence-corrected chi connectivity index (χ3v) is 4.93. The number of aryl methyl sites for hydroxylation is 1. The number of hydrogen-bond donors (Lipinski definition) is 1. The van der Waals surface area contributed by atoms with Crippen LogP contribution in [0.3, 0.4) is 0 Å². The van der Waals surface area contributed by atoms with Crippen molar-refractivity contribution in [3.8, 4) is 0 Å². The summed E-state index contributed by atoms with van der Waals surface area (Å²) in [5.41, 5.74) is 0.359. The van der Waals surface area contributed by atoms with E-state index in [0.717, 1.165) is 18.9 Å². The maximum absolute atomic E-state index is 13.1. The number of aromatic nitrogens is 4. The molecule has 0 unspecified atom stereocenters. The lowest BCUT2D eigenvalue weighted by Crippen LogP contribution is -2.28. The zero-order valence-electron chi connectivity index (χ0n) is 15.7. The van der Waals surface area contributed by atoms with Crippen LogP contribution < -0.4 is 10.9 Å². The average Bonchev–Trinajstić information content (AvgIpc) is 3.41. The first-order chi connectivity index (χ1) is 13.7. The van der Waals surface area contributed by atoms with Crippen LogP contribution >= 0.6 is 0 Å². The highest BCUT2D eigenvalue weighted by atomic mass is 19.4. The molecule has 0 saturated heterocycles. The Kier molecular flexibility index (Phi) is 4.44. The second kappa shape index (κ2) is 6.71. The van der Waals surface area contributed by atoms with Crippen LogP contribution in [-0.4, -0.2) is 32.1 Å². The molecule has 0 radical (unpaired) electrons. The van der Waals surface area contributed by atoms with Crippen LogP contribution in [0.1, 0.15) is 51.9 Å². The minimum atomic E-state index is -4.54. The quantitative estimate of drug-likeness (QED) is 0.723. The van der Waals surface area contributed by atoms with Crippen LogP contribution in [0.25, 0.3) is 5.65 Å². The van der Waals surface area contributed by atoms with E-state index in [1.54, 1.807) is 19.1 Å². The van der Waals surface area contributed by atoms with Gasteiger partial charge in [0.15, 0.2) is 5.69 Å². The van der Waals surface area contributed by atoms with Crippen LogP contribution in [-0.2, 0) is 12.7 Å². The summed E-state index contributed by atoms with van der Waals surface area (Å²) in [5.74, 6) is -0.384. The van der Waals surface area contributed by atoms with Gasteiger partial charge in [-0.1, -0.05) is 6.07 Å². The van der Waals surface area contributed by atoms with Crippen LogP contribution in [0.15, 0.2) is 29.1 Å². The number of fused-ring (bicyclic) bond motifs is 1. The van der Waals surface area contributed by atoms with Crippen molar-refractivity contribution in [2.24, 2.45) is 0 Å². The highest BCUT2D eigenvalue weighted by Gasteiger charge is 2.37. The Labute approximate surface area is 163 Å². The van der Waals surface area contributed by atoms with E-state index < -0.39 is 23.3 Å². The first-order valence-electron chi connectivity index (χ1n) is 9.08. The summed E-state index contributed by atoms with van der Waals surface area (Å²) in [5, 5.41) is 6.19. The average molecular weight is 405 g/mol. The van der Waals surface area contributed by atoms with Crippen LogP contribution in [0, 0.1) is 6.92 Å². The standard InChI is InChI=1S/C19H18F3N5O2/c1-10-3-6-15-24-12(7-16(28)27(15)17(10)18(29)23-2)9-26-13(11-4-5-11)8-14(25-26)19(20,21)22/h3,6-8,11H,4-5,9H2,1-2H3,(H,23,29). The van der Waals surface area contributed by atoms with Crippen molar-refractivity contribution in [1.29, 1.82) is 0 Å². The molecule has 1 amide bonds. The van der Waals surface area contributed by atoms with Gasteiger partial charge >= 0.3 is 6.18 Å². The molecule has 1 aliphatic rings. The summed E-state index contributed by atoms with van der Waals surface area (Å²) in [6, 6.07) is 5.56. The van der Waals surface area contributed by atoms with Crippen LogP contribution in [0.5, 0.6) is 0 Å². The molecular formula is C19H18F3N5O2. The number of pyridine rings is 1. The molecule has 1 N–H and O–H groups in total. The third-order valence-electron chi connectivity index (χ3n) is 4.93. The Morgan fingerprint density at radius 2 is 2.00 bits per heavy atom. The molecule has 3 aromatic heterocycles. The summed E-state index contributed by atoms with van der Waals surface area (Å²) in [7, 11) is 1.46. The summed E-state index contributed by atoms with van der Waals surface area (Å²) in [4.78, 5) is 29.3. The summed E-state index contributed by atoms with van der Waals surface area (Å²) in [6.07, 6.45) is -2.91. The SMILES string of the molecule is CNC(=O)c1c(C)ccc2nc(Cn3nc(C(F)(F)F)cc3C3CC3)cc(=O)n12. The zero-order valence-corrected chi connectivity index (χ0v) is 15.7. The predicted molar refractivity (Wildman–Crippen MR) is 97.9 cm³/mol. The number of carbonyl (C=O) groups excluding carboxylic acids is 1. The van der Waals surface area contributed by atoms with Crippen molar-refractivity contribution in [3.63, 3.8) is 0 Å². The van der Waals surface area contributed by atoms with Crippen molar-refractivity contribution >= 4 is 11.6 Å². The van der Waals surface area contributed by atoms with Crippen molar-refractivity contribution < 1.29 is 18.0 Å². The molecule has 0 aliphatic heterocycles. The number of amides is 1. The second-order valence-electron chi connectivity index (χ2n) is 7.11. The zero-order chi connectivity index (χ0) is 20.9. The van der Waals surface area contributed by atoms with Gasteiger partial charge in [0.05, 0.1) is 12.2 Å². The predicted octanol–water partition coefficient (Wildman–Crippen LogP) is 2.50. The van der Waals surface area contributed by atoms with Gasteiger partial charge < -0.3 is 5.32 Å². The molecule has 1 fully saturated rings. The molecule has 10 heteroatoms. The molecule has 0 bridgehead atoms. The molecule has 0 atom stereocenters. The maximum atomic E-state index is 13.1. The molecule has 0 aromatic carbocycles. The Balaban J connectivity index is 1.79. The number of carbonyl (C=O) groups is 1. The number of alkyl halides is 3. The van der Waals surface area contributed by atoms with Gasteiger partial charge in [-0.15, -0.1) is 0 Å². The monoisotopic (exact) mass is 405 g/mol. The molecule has 7 nitrogen and oxygen atoms in total. The molecule has 3 heterocycles. The molecule has 3 aromatic rings. The Hall–Kier alpha value is -3.17. The molecule has 4 rings (SSSR count). The number of halogens is 3. The van der Waals surface area contributed by atoms with Crippen molar-refractivity contribution in [2.45, 2.75) is 38.4 Å². The lowest BCUT2D eigenvalue weighted by molar-refractivity contribution is -0.141. The minimum Gasteiger partial charge on any atom is -0.354 e. The first kappa shape index (κ1) is 19.2. The van der Waals surface area contributed by atoms with Gasteiger partial charge in [-0.2, -0.15) is 18.3 Å². The van der Waals surface area contributed by atoms with Crippen molar-refractivity contribution in [1.82, 2.24) is 24.5 Å². The minimum absolute atomic E-state index is 0.0441. The van der Waals surface area contributed by atoms with E-state index in [4.69, 9.17) is 0 Å². The lowest BCUT2D eigenvalue weighted by atomic mass is 10.2. The second-order valence-corrected chi connectivity index (χ2v) is 7.11. The fourth-order valence-electron chi connectivity index (χ4n) is 3.38. The van der Waals surface area contributed by atoms with E-state index in [1.807, 2.05) is 0 Å². The van der Waals surface area contributed by atoms with Gasteiger partial charge in [0.1, 0.15) is 11.3 Å². The van der Waals surface area contributed by atoms with Gasteiger partial charge in [-0.3, -0.25) is 18.7 Å². The lowest BCUT2D eigenvalue weighted by Gasteiger charge is -2.12. The summed E-state index contributed by atoms with van der Waals surface area (Å²) in [6.45, 7) is 1.64. The molecule has 1 saturated carbocycles. The fraction of sp³-hybridized carbons (Fsp3) is 0.368. The van der Waals surface area contributed by atoms with E-state index in [0.29, 0.717) is 11.3 Å². The molecule has 1 aliphatic carbocycles. The highest BCUT2D eigenvalue weighted by molar-refractivity contribution is 5.94. The molecule has 0 spiro atoms. The number of nitrogens with zero attached hydrogens (tertiary/aromatic N) is 4. The van der Waals surface area contributed by atoms with Gasteiger partial charge in [-0.05, 0) is 37.5 Å². The van der Waals surface area contributed by atoms with Gasteiger partial charge in [0.25, 0.3) is 11.5 Å². The number of rotatable bonds is 4. The Morgan fingerprint density at radius 3 is 2.62 bits per heavy atom.